The third kappa shape index (κ3) is 4.28. The Morgan fingerprint density at radius 3 is 2.68 bits per heavy atom. The van der Waals surface area contributed by atoms with Crippen LogP contribution in [0.4, 0.5) is 10.1 Å². The zero-order chi connectivity index (χ0) is 20.3. The molecule has 2 aromatic rings. The zero-order valence-electron chi connectivity index (χ0n) is 15.1. The number of hydrogen-bond acceptors (Lipinski definition) is 6. The molecule has 0 aliphatic carbocycles. The lowest BCUT2D eigenvalue weighted by atomic mass is 10.1. The van der Waals surface area contributed by atoms with E-state index in [1.165, 1.54) is 32.2 Å². The van der Waals surface area contributed by atoms with Crippen LogP contribution in [0.3, 0.4) is 0 Å². The number of methoxy groups -OCH3 is 1. The number of fused-ring (bicyclic) bond motifs is 1. The molecule has 1 heterocycles. The summed E-state index contributed by atoms with van der Waals surface area (Å²) in [6.07, 6.45) is -1.13. The molecule has 1 aliphatic heterocycles. The van der Waals surface area contributed by atoms with Gasteiger partial charge in [-0.15, -0.1) is 0 Å². The molecule has 0 aromatic heterocycles. The van der Waals surface area contributed by atoms with Gasteiger partial charge in [-0.2, -0.15) is 0 Å². The van der Waals surface area contributed by atoms with Crippen LogP contribution >= 0.6 is 11.6 Å². The predicted molar refractivity (Wildman–Crippen MR) is 98.9 cm³/mol. The van der Waals surface area contributed by atoms with Crippen molar-refractivity contribution in [1.29, 1.82) is 0 Å². The fourth-order valence-electron chi connectivity index (χ4n) is 2.50. The van der Waals surface area contributed by atoms with E-state index in [1.54, 1.807) is 0 Å². The monoisotopic (exact) mass is 409 g/mol. The summed E-state index contributed by atoms with van der Waals surface area (Å²) in [7, 11) is 1.44. The molecule has 0 unspecified atom stereocenters. The molecule has 0 saturated heterocycles. The first-order chi connectivity index (χ1) is 13.4. The first kappa shape index (κ1) is 19.8. The van der Waals surface area contributed by atoms with Crippen molar-refractivity contribution < 1.29 is 32.9 Å². The van der Waals surface area contributed by atoms with Crippen LogP contribution in [0.5, 0.6) is 17.2 Å². The number of hydrogen-bond donors (Lipinski definition) is 1. The lowest BCUT2D eigenvalue weighted by Crippen LogP contribution is -2.30. The van der Waals surface area contributed by atoms with E-state index in [2.05, 4.69) is 5.32 Å². The molecular formula is C19H17ClFNO6. The number of rotatable bonds is 5. The van der Waals surface area contributed by atoms with E-state index < -0.39 is 23.8 Å². The quantitative estimate of drug-likeness (QED) is 0.762. The summed E-state index contributed by atoms with van der Waals surface area (Å²) < 4.78 is 34.5. The highest BCUT2D eigenvalue weighted by Crippen LogP contribution is 2.40. The van der Waals surface area contributed by atoms with Gasteiger partial charge in [0.15, 0.2) is 17.6 Å². The number of ether oxygens (including phenoxy) is 4. The van der Waals surface area contributed by atoms with Gasteiger partial charge in [0.05, 0.1) is 23.4 Å². The molecule has 2 aromatic carbocycles. The molecule has 28 heavy (non-hydrogen) atoms. The highest BCUT2D eigenvalue weighted by atomic mass is 35.5. The van der Waals surface area contributed by atoms with Crippen molar-refractivity contribution in [2.75, 3.05) is 25.6 Å². The molecular weight excluding hydrogens is 393 g/mol. The lowest BCUT2D eigenvalue weighted by molar-refractivity contribution is -0.123. The zero-order valence-corrected chi connectivity index (χ0v) is 15.8. The highest BCUT2D eigenvalue weighted by Gasteiger charge is 2.24. The van der Waals surface area contributed by atoms with Crippen molar-refractivity contribution in [2.45, 2.75) is 13.0 Å². The van der Waals surface area contributed by atoms with Gasteiger partial charge >= 0.3 is 5.97 Å². The first-order valence-electron chi connectivity index (χ1n) is 8.33. The molecule has 9 heteroatoms. The SMILES string of the molecule is COc1cc(C(=O)O[C@H](C)C(=O)Nc2ccc(F)cc2Cl)cc2c1OCCO2. The van der Waals surface area contributed by atoms with Crippen molar-refractivity contribution in [1.82, 2.24) is 0 Å². The van der Waals surface area contributed by atoms with Crippen LogP contribution in [0.15, 0.2) is 30.3 Å². The topological polar surface area (TPSA) is 83.1 Å². The van der Waals surface area contributed by atoms with Crippen LogP contribution in [-0.4, -0.2) is 38.3 Å². The summed E-state index contributed by atoms with van der Waals surface area (Å²) >= 11 is 5.88. The van der Waals surface area contributed by atoms with Crippen molar-refractivity contribution >= 4 is 29.2 Å². The van der Waals surface area contributed by atoms with Gasteiger partial charge in [-0.05, 0) is 37.3 Å². The van der Waals surface area contributed by atoms with Gasteiger partial charge in [0.25, 0.3) is 5.91 Å². The lowest BCUT2D eigenvalue weighted by Gasteiger charge is -2.21. The van der Waals surface area contributed by atoms with Gasteiger partial charge in [0.1, 0.15) is 19.0 Å². The Morgan fingerprint density at radius 1 is 1.21 bits per heavy atom. The molecule has 7 nitrogen and oxygen atoms in total. The van der Waals surface area contributed by atoms with Gasteiger partial charge in [0, 0.05) is 0 Å². The fourth-order valence-corrected chi connectivity index (χ4v) is 2.71. The van der Waals surface area contributed by atoms with E-state index in [9.17, 15) is 14.0 Å². The largest absolute Gasteiger partial charge is 0.493 e. The van der Waals surface area contributed by atoms with Crippen LogP contribution in [0.25, 0.3) is 0 Å². The second-order valence-corrected chi connectivity index (χ2v) is 6.27. The van der Waals surface area contributed by atoms with Crippen LogP contribution in [0, 0.1) is 5.82 Å². The van der Waals surface area contributed by atoms with Crippen molar-refractivity contribution in [3.8, 4) is 17.2 Å². The summed E-state index contributed by atoms with van der Waals surface area (Å²) in [5.74, 6) is -0.821. The normalized spacial score (nSPS) is 13.4. The second kappa shape index (κ2) is 8.35. The van der Waals surface area contributed by atoms with E-state index in [4.69, 9.17) is 30.5 Å². The van der Waals surface area contributed by atoms with Gasteiger partial charge in [-0.25, -0.2) is 9.18 Å². The summed E-state index contributed by atoms with van der Waals surface area (Å²) in [6.45, 7) is 2.11. The molecule has 148 valence electrons. The minimum atomic E-state index is -1.13. The second-order valence-electron chi connectivity index (χ2n) is 5.86. The minimum Gasteiger partial charge on any atom is -0.493 e. The van der Waals surface area contributed by atoms with E-state index in [0.29, 0.717) is 30.5 Å². The van der Waals surface area contributed by atoms with E-state index in [1.807, 2.05) is 0 Å². The number of carbonyl (C=O) groups excluding carboxylic acids is 2. The molecule has 1 amide bonds. The molecule has 1 atom stereocenters. The number of carbonyl (C=O) groups is 2. The maximum absolute atomic E-state index is 13.1. The molecule has 1 aliphatic rings. The molecule has 0 bridgehead atoms. The first-order valence-corrected chi connectivity index (χ1v) is 8.71. The molecule has 0 saturated carbocycles. The Kier molecular flexibility index (Phi) is 5.89. The predicted octanol–water partition coefficient (Wildman–Crippen LogP) is 3.44. The number of nitrogens with one attached hydrogen (secondary N) is 1. The number of amides is 1. The summed E-state index contributed by atoms with van der Waals surface area (Å²) in [6, 6.07) is 6.43. The summed E-state index contributed by atoms with van der Waals surface area (Å²) in [4.78, 5) is 24.7. The van der Waals surface area contributed by atoms with Crippen LogP contribution in [0.1, 0.15) is 17.3 Å². The summed E-state index contributed by atoms with van der Waals surface area (Å²) in [5.41, 5.74) is 0.345. The standard InChI is InChI=1S/C19H17ClFNO6/c1-10(18(23)22-14-4-3-12(21)9-13(14)20)28-19(24)11-7-15(25-2)17-16(8-11)26-5-6-27-17/h3-4,7-10H,5-6H2,1-2H3,(H,22,23)/t10-/m1/s1. The van der Waals surface area contributed by atoms with Crippen LogP contribution in [-0.2, 0) is 9.53 Å². The van der Waals surface area contributed by atoms with Gasteiger partial charge in [0.2, 0.25) is 5.75 Å². The van der Waals surface area contributed by atoms with Crippen molar-refractivity contribution in [3.63, 3.8) is 0 Å². The maximum atomic E-state index is 13.1. The fraction of sp³-hybridized carbons (Fsp3) is 0.263. The molecule has 3 rings (SSSR count). The van der Waals surface area contributed by atoms with Crippen molar-refractivity contribution in [3.05, 3.63) is 46.7 Å². The molecule has 0 radical (unpaired) electrons. The number of halogens is 2. The van der Waals surface area contributed by atoms with E-state index >= 15 is 0 Å². The van der Waals surface area contributed by atoms with Gasteiger partial charge in [-0.1, -0.05) is 11.6 Å². The number of benzene rings is 2. The highest BCUT2D eigenvalue weighted by molar-refractivity contribution is 6.33. The third-order valence-electron chi connectivity index (χ3n) is 3.91. The Bertz CT molecular complexity index is 902. The molecule has 0 spiro atoms. The number of esters is 1. The molecule has 1 N–H and O–H groups in total. The Labute approximate surface area is 165 Å². The Morgan fingerprint density at radius 2 is 1.96 bits per heavy atom. The van der Waals surface area contributed by atoms with E-state index in [0.717, 1.165) is 12.1 Å². The number of anilines is 1. The van der Waals surface area contributed by atoms with E-state index in [-0.39, 0.29) is 16.3 Å². The van der Waals surface area contributed by atoms with Gasteiger partial charge < -0.3 is 24.3 Å². The average Bonchev–Trinajstić information content (AvgIpc) is 2.68. The Balaban J connectivity index is 1.70. The third-order valence-corrected chi connectivity index (χ3v) is 4.22. The van der Waals surface area contributed by atoms with Crippen LogP contribution in [0.2, 0.25) is 5.02 Å². The minimum absolute atomic E-state index is 0.0310. The van der Waals surface area contributed by atoms with Crippen molar-refractivity contribution in [2.24, 2.45) is 0 Å². The molecule has 0 fully saturated rings. The van der Waals surface area contributed by atoms with Gasteiger partial charge in [-0.3, -0.25) is 4.79 Å². The maximum Gasteiger partial charge on any atom is 0.339 e. The summed E-state index contributed by atoms with van der Waals surface area (Å²) in [5, 5.41) is 2.51. The Hall–Kier alpha value is -3.00. The smallest absolute Gasteiger partial charge is 0.339 e. The average molecular weight is 410 g/mol. The van der Waals surface area contributed by atoms with Crippen LogP contribution < -0.4 is 19.5 Å².